The van der Waals surface area contributed by atoms with Gasteiger partial charge in [0.15, 0.2) is 11.4 Å². The van der Waals surface area contributed by atoms with Crippen molar-refractivity contribution in [3.8, 4) is 0 Å². The highest BCUT2D eigenvalue weighted by Crippen LogP contribution is 2.33. The number of thiazole rings is 1. The molecular formula is C16H18FN3O2S. The SMILES string of the molecule is C=CCCCCN1CC(O)N(c2nc3cccc(F)c3s2)C1=O. The number of carbonyl (C=O) groups excluding carboxylic acids is 1. The third-order valence-electron chi connectivity index (χ3n) is 3.81. The van der Waals surface area contributed by atoms with Gasteiger partial charge in [0.2, 0.25) is 0 Å². The Morgan fingerprint density at radius 2 is 2.30 bits per heavy atom. The quantitative estimate of drug-likeness (QED) is 0.650. The molecule has 1 aliphatic rings. The second-order valence-electron chi connectivity index (χ2n) is 5.45. The summed E-state index contributed by atoms with van der Waals surface area (Å²) in [4.78, 5) is 19.6. The van der Waals surface area contributed by atoms with Crippen molar-refractivity contribution in [2.24, 2.45) is 0 Å². The van der Waals surface area contributed by atoms with Crippen LogP contribution in [0.4, 0.5) is 14.3 Å². The minimum atomic E-state index is -0.953. The molecule has 1 unspecified atom stereocenters. The Hall–Kier alpha value is -1.99. The van der Waals surface area contributed by atoms with Crippen LogP contribution >= 0.6 is 11.3 Å². The number of nitrogens with zero attached hydrogens (tertiary/aromatic N) is 3. The molecule has 7 heteroatoms. The molecule has 0 radical (unpaired) electrons. The second-order valence-corrected chi connectivity index (χ2v) is 6.43. The van der Waals surface area contributed by atoms with E-state index in [1.165, 1.54) is 11.0 Å². The first kappa shape index (κ1) is 15.9. The van der Waals surface area contributed by atoms with Crippen molar-refractivity contribution in [3.05, 3.63) is 36.7 Å². The Morgan fingerprint density at radius 1 is 1.48 bits per heavy atom. The highest BCUT2D eigenvalue weighted by atomic mass is 32.1. The number of halogens is 1. The number of carbonyl (C=O) groups is 1. The van der Waals surface area contributed by atoms with Crippen LogP contribution < -0.4 is 4.90 Å². The minimum absolute atomic E-state index is 0.241. The molecule has 5 nitrogen and oxygen atoms in total. The van der Waals surface area contributed by atoms with Crippen LogP contribution in [0.1, 0.15) is 19.3 Å². The van der Waals surface area contributed by atoms with Crippen LogP contribution in [-0.2, 0) is 0 Å². The summed E-state index contributed by atoms with van der Waals surface area (Å²) in [5.74, 6) is -0.367. The van der Waals surface area contributed by atoms with Crippen LogP contribution in [-0.4, -0.2) is 40.3 Å². The van der Waals surface area contributed by atoms with Gasteiger partial charge in [0, 0.05) is 6.54 Å². The van der Waals surface area contributed by atoms with E-state index in [0.717, 1.165) is 30.6 Å². The van der Waals surface area contributed by atoms with Crippen LogP contribution in [0.3, 0.4) is 0 Å². The van der Waals surface area contributed by atoms with Crippen molar-refractivity contribution in [1.29, 1.82) is 0 Å². The van der Waals surface area contributed by atoms with Gasteiger partial charge in [-0.2, -0.15) is 0 Å². The summed E-state index contributed by atoms with van der Waals surface area (Å²) < 4.78 is 14.2. The van der Waals surface area contributed by atoms with Crippen LogP contribution in [0.5, 0.6) is 0 Å². The first-order chi connectivity index (χ1) is 11.1. The molecule has 1 N–H and O–H groups in total. The first-order valence-corrected chi connectivity index (χ1v) is 8.35. The zero-order valence-corrected chi connectivity index (χ0v) is 13.4. The lowest BCUT2D eigenvalue weighted by Crippen LogP contribution is -2.35. The lowest BCUT2D eigenvalue weighted by Gasteiger charge is -2.16. The van der Waals surface area contributed by atoms with Crippen LogP contribution in [0.15, 0.2) is 30.9 Å². The molecule has 1 saturated heterocycles. The van der Waals surface area contributed by atoms with E-state index in [2.05, 4.69) is 11.6 Å². The fourth-order valence-electron chi connectivity index (χ4n) is 2.63. The topological polar surface area (TPSA) is 56.7 Å². The molecule has 3 rings (SSSR count). The van der Waals surface area contributed by atoms with Gasteiger partial charge in [-0.3, -0.25) is 0 Å². The van der Waals surface area contributed by atoms with Crippen molar-refractivity contribution in [3.63, 3.8) is 0 Å². The van der Waals surface area contributed by atoms with E-state index < -0.39 is 6.23 Å². The molecule has 1 atom stereocenters. The number of amides is 2. The number of allylic oxidation sites excluding steroid dienone is 1. The fourth-order valence-corrected chi connectivity index (χ4v) is 3.64. The molecule has 0 aliphatic carbocycles. The predicted octanol–water partition coefficient (Wildman–Crippen LogP) is 3.35. The van der Waals surface area contributed by atoms with Crippen LogP contribution in [0.25, 0.3) is 10.2 Å². The van der Waals surface area contributed by atoms with Crippen molar-refractivity contribution in [2.75, 3.05) is 18.0 Å². The third kappa shape index (κ3) is 3.07. The third-order valence-corrected chi connectivity index (χ3v) is 4.89. The molecule has 2 amide bonds. The standard InChI is InChI=1S/C16H18FN3O2S/c1-2-3-4-5-9-19-10-13(21)20(16(19)22)15-18-12-8-6-7-11(17)14(12)23-15/h2,6-8,13,21H,1,3-5,9-10H2. The number of β-amino-alcohol motifs (C(OH)–C–C–N with tert-alkyl or cyclic N) is 1. The van der Waals surface area contributed by atoms with Gasteiger partial charge >= 0.3 is 6.03 Å². The summed E-state index contributed by atoms with van der Waals surface area (Å²) in [6, 6.07) is 4.35. The molecule has 1 fully saturated rings. The zero-order valence-electron chi connectivity index (χ0n) is 12.6. The fraction of sp³-hybridized carbons (Fsp3) is 0.375. The van der Waals surface area contributed by atoms with Gasteiger partial charge in [0.05, 0.1) is 16.8 Å². The summed E-state index contributed by atoms with van der Waals surface area (Å²) in [5.41, 5.74) is 0.495. The Morgan fingerprint density at radius 3 is 3.04 bits per heavy atom. The minimum Gasteiger partial charge on any atom is -0.371 e. The van der Waals surface area contributed by atoms with Crippen molar-refractivity contribution in [1.82, 2.24) is 9.88 Å². The largest absolute Gasteiger partial charge is 0.371 e. The van der Waals surface area contributed by atoms with E-state index >= 15 is 0 Å². The van der Waals surface area contributed by atoms with Crippen LogP contribution in [0.2, 0.25) is 0 Å². The number of anilines is 1. The molecule has 1 aromatic heterocycles. The Balaban J connectivity index is 1.77. The molecule has 0 saturated carbocycles. The van der Waals surface area contributed by atoms with Crippen molar-refractivity contribution in [2.45, 2.75) is 25.5 Å². The number of rotatable bonds is 6. The van der Waals surface area contributed by atoms with Gasteiger partial charge in [-0.15, -0.1) is 6.58 Å². The maximum Gasteiger partial charge on any atom is 0.328 e. The number of hydrogen-bond acceptors (Lipinski definition) is 4. The first-order valence-electron chi connectivity index (χ1n) is 7.54. The lowest BCUT2D eigenvalue weighted by atomic mass is 10.2. The average Bonchev–Trinajstić information content (AvgIpc) is 3.06. The normalized spacial score (nSPS) is 18.2. The molecule has 122 valence electrons. The molecular weight excluding hydrogens is 317 g/mol. The van der Waals surface area contributed by atoms with Crippen LogP contribution in [0, 0.1) is 5.82 Å². The highest BCUT2D eigenvalue weighted by molar-refractivity contribution is 7.22. The number of urea groups is 1. The van der Waals surface area contributed by atoms with E-state index in [1.807, 2.05) is 6.08 Å². The summed E-state index contributed by atoms with van der Waals surface area (Å²) in [5, 5.41) is 10.5. The summed E-state index contributed by atoms with van der Waals surface area (Å²) in [7, 11) is 0. The molecule has 2 heterocycles. The number of aromatic nitrogens is 1. The van der Waals surface area contributed by atoms with E-state index in [1.54, 1.807) is 17.0 Å². The smallest absolute Gasteiger partial charge is 0.328 e. The van der Waals surface area contributed by atoms with E-state index in [-0.39, 0.29) is 18.4 Å². The maximum absolute atomic E-state index is 13.8. The highest BCUT2D eigenvalue weighted by Gasteiger charge is 2.38. The zero-order chi connectivity index (χ0) is 16.4. The molecule has 2 aromatic rings. The monoisotopic (exact) mass is 335 g/mol. The van der Waals surface area contributed by atoms with Crippen molar-refractivity contribution < 1.29 is 14.3 Å². The molecule has 1 aromatic carbocycles. The molecule has 23 heavy (non-hydrogen) atoms. The number of benzene rings is 1. The number of fused-ring (bicyclic) bond motifs is 1. The van der Waals surface area contributed by atoms with E-state index in [0.29, 0.717) is 21.9 Å². The summed E-state index contributed by atoms with van der Waals surface area (Å²) in [6.07, 6.45) is 3.61. The van der Waals surface area contributed by atoms with Gasteiger partial charge < -0.3 is 10.0 Å². The number of aliphatic hydroxyl groups is 1. The number of aliphatic hydroxyl groups excluding tert-OH is 1. The van der Waals surface area contributed by atoms with E-state index in [4.69, 9.17) is 0 Å². The Labute approximate surface area is 137 Å². The second kappa shape index (κ2) is 6.64. The molecule has 1 aliphatic heterocycles. The Kier molecular flexibility index (Phi) is 4.58. The van der Waals surface area contributed by atoms with Gasteiger partial charge in [0.1, 0.15) is 5.82 Å². The molecule has 0 spiro atoms. The van der Waals surface area contributed by atoms with Crippen molar-refractivity contribution >= 4 is 32.7 Å². The lowest BCUT2D eigenvalue weighted by molar-refractivity contribution is 0.176. The summed E-state index contributed by atoms with van der Waals surface area (Å²) in [6.45, 7) is 4.49. The van der Waals surface area contributed by atoms with Gasteiger partial charge in [-0.1, -0.05) is 23.5 Å². The number of hydrogen-bond donors (Lipinski definition) is 1. The average molecular weight is 335 g/mol. The maximum atomic E-state index is 13.8. The van der Waals surface area contributed by atoms with Gasteiger partial charge in [-0.25, -0.2) is 19.1 Å². The van der Waals surface area contributed by atoms with Gasteiger partial charge in [-0.05, 0) is 31.4 Å². The van der Waals surface area contributed by atoms with Gasteiger partial charge in [0.25, 0.3) is 0 Å². The molecule has 0 bridgehead atoms. The number of unbranched alkanes of at least 4 members (excludes halogenated alkanes) is 2. The predicted molar refractivity (Wildman–Crippen MR) is 89.1 cm³/mol. The summed E-state index contributed by atoms with van der Waals surface area (Å²) >= 11 is 1.08. The van der Waals surface area contributed by atoms with E-state index in [9.17, 15) is 14.3 Å². The Bertz CT molecular complexity index is 733.